The molecule has 1 amide bonds. The summed E-state index contributed by atoms with van der Waals surface area (Å²) in [5, 5.41) is 23.0. The van der Waals surface area contributed by atoms with Crippen LogP contribution in [0.15, 0.2) is 67.1 Å². The summed E-state index contributed by atoms with van der Waals surface area (Å²) in [7, 11) is 2.03. The van der Waals surface area contributed by atoms with Gasteiger partial charge >= 0.3 is 24.3 Å². The number of piperazine rings is 1. The van der Waals surface area contributed by atoms with Crippen LogP contribution < -0.4 is 0 Å². The van der Waals surface area contributed by atoms with Gasteiger partial charge in [0, 0.05) is 49.4 Å². The predicted molar refractivity (Wildman–Crippen MR) is 141 cm³/mol. The van der Waals surface area contributed by atoms with E-state index in [0.29, 0.717) is 18.7 Å². The van der Waals surface area contributed by atoms with E-state index in [9.17, 15) is 35.5 Å². The molecular formula is C27H23F7N6O5. The Hall–Kier alpha value is -5.13. The zero-order valence-corrected chi connectivity index (χ0v) is 23.0. The van der Waals surface area contributed by atoms with Crippen molar-refractivity contribution in [2.75, 3.05) is 26.7 Å². The Morgan fingerprint density at radius 2 is 1.47 bits per heavy atom. The van der Waals surface area contributed by atoms with Gasteiger partial charge in [0.05, 0.1) is 11.6 Å². The van der Waals surface area contributed by atoms with Crippen molar-refractivity contribution in [3.05, 3.63) is 84.2 Å². The molecule has 45 heavy (non-hydrogen) atoms. The second-order valence-electron chi connectivity index (χ2n) is 9.32. The fraction of sp³-hybridized carbons (Fsp3) is 0.259. The maximum absolute atomic E-state index is 13.6. The SMILES string of the molecule is CN1CCN(C(=O)c2ccncc2)CC1c1nnn2cc(-c3cccc(F)c3)ccc12.O=C(O)C(F)(F)F.O=C(O)C(F)(F)F. The average Bonchev–Trinajstić information content (AvgIpc) is 3.40. The topological polar surface area (TPSA) is 141 Å². The van der Waals surface area contributed by atoms with Gasteiger partial charge in [0.2, 0.25) is 0 Å². The largest absolute Gasteiger partial charge is 0.490 e. The molecule has 1 aliphatic heterocycles. The number of amides is 1. The third-order valence-corrected chi connectivity index (χ3v) is 6.26. The number of hydrogen-bond donors (Lipinski definition) is 2. The summed E-state index contributed by atoms with van der Waals surface area (Å²) in [6.45, 7) is 1.91. The minimum Gasteiger partial charge on any atom is -0.475 e. The number of carbonyl (C=O) groups excluding carboxylic acids is 1. The number of carboxylic acids is 2. The summed E-state index contributed by atoms with van der Waals surface area (Å²) in [4.78, 5) is 38.7. The number of hydrogen-bond acceptors (Lipinski definition) is 7. The van der Waals surface area contributed by atoms with Gasteiger partial charge in [0.25, 0.3) is 5.91 Å². The van der Waals surface area contributed by atoms with Crippen LogP contribution >= 0.6 is 0 Å². The maximum atomic E-state index is 13.6. The molecule has 5 rings (SSSR count). The summed E-state index contributed by atoms with van der Waals surface area (Å²) in [6, 6.07) is 13.8. The van der Waals surface area contributed by atoms with Crippen molar-refractivity contribution >= 4 is 23.4 Å². The molecule has 1 unspecified atom stereocenters. The first-order chi connectivity index (χ1) is 21.0. The first-order valence-corrected chi connectivity index (χ1v) is 12.6. The van der Waals surface area contributed by atoms with E-state index in [2.05, 4.69) is 20.2 Å². The molecule has 0 bridgehead atoms. The van der Waals surface area contributed by atoms with Crippen molar-refractivity contribution < 1.29 is 55.3 Å². The molecule has 2 N–H and O–H groups in total. The molecular weight excluding hydrogens is 621 g/mol. The van der Waals surface area contributed by atoms with Crippen LogP contribution in [0.1, 0.15) is 22.1 Å². The van der Waals surface area contributed by atoms with Gasteiger partial charge in [0.1, 0.15) is 11.5 Å². The van der Waals surface area contributed by atoms with Gasteiger partial charge in [-0.15, -0.1) is 5.10 Å². The van der Waals surface area contributed by atoms with Crippen LogP contribution in [-0.2, 0) is 9.59 Å². The fourth-order valence-electron chi connectivity index (χ4n) is 4.02. The molecule has 1 saturated heterocycles. The number of carboxylic acid groups (broad SMARTS) is 2. The van der Waals surface area contributed by atoms with Crippen LogP contribution in [0, 0.1) is 5.82 Å². The summed E-state index contributed by atoms with van der Waals surface area (Å²) in [6.07, 6.45) is -5.06. The number of rotatable bonds is 3. The second-order valence-corrected chi connectivity index (χ2v) is 9.32. The highest BCUT2D eigenvalue weighted by Crippen LogP contribution is 2.28. The lowest BCUT2D eigenvalue weighted by Crippen LogP contribution is -2.49. The molecule has 0 saturated carbocycles. The Morgan fingerprint density at radius 3 is 2.02 bits per heavy atom. The van der Waals surface area contributed by atoms with E-state index in [1.54, 1.807) is 35.1 Å². The molecule has 0 radical (unpaired) electrons. The number of carbonyl (C=O) groups is 3. The molecule has 1 fully saturated rings. The van der Waals surface area contributed by atoms with Crippen molar-refractivity contribution in [1.82, 2.24) is 29.6 Å². The molecule has 18 heteroatoms. The minimum absolute atomic E-state index is 0.00892. The number of nitrogens with zero attached hydrogens (tertiary/aromatic N) is 6. The van der Waals surface area contributed by atoms with Crippen molar-refractivity contribution in [2.45, 2.75) is 18.4 Å². The summed E-state index contributed by atoms with van der Waals surface area (Å²) < 4.78 is 78.8. The van der Waals surface area contributed by atoms with Crippen molar-refractivity contribution in [1.29, 1.82) is 0 Å². The van der Waals surface area contributed by atoms with Crippen molar-refractivity contribution in [3.8, 4) is 11.1 Å². The Bertz CT molecular complexity index is 1620. The number of alkyl halides is 6. The molecule has 11 nitrogen and oxygen atoms in total. The normalized spacial score (nSPS) is 15.4. The van der Waals surface area contributed by atoms with Crippen LogP contribution in [0.5, 0.6) is 0 Å². The van der Waals surface area contributed by atoms with Crippen molar-refractivity contribution in [2.24, 2.45) is 0 Å². The van der Waals surface area contributed by atoms with E-state index in [4.69, 9.17) is 19.8 Å². The Labute approximate surface area is 249 Å². The number of pyridine rings is 2. The Morgan fingerprint density at radius 1 is 0.867 bits per heavy atom. The number of aliphatic carboxylic acids is 2. The summed E-state index contributed by atoms with van der Waals surface area (Å²) in [5.74, 6) is -5.80. The first kappa shape index (κ1) is 34.4. The molecule has 1 atom stereocenters. The number of fused-ring (bicyclic) bond motifs is 1. The predicted octanol–water partition coefficient (Wildman–Crippen LogP) is 4.33. The van der Waals surface area contributed by atoms with Gasteiger partial charge in [-0.05, 0) is 42.9 Å². The highest BCUT2D eigenvalue weighted by Gasteiger charge is 2.39. The maximum Gasteiger partial charge on any atom is 0.490 e. The van der Waals surface area contributed by atoms with Crippen LogP contribution in [0.3, 0.4) is 0 Å². The second kappa shape index (κ2) is 14.1. The molecule has 0 spiro atoms. The highest BCUT2D eigenvalue weighted by atomic mass is 19.4. The average molecular weight is 645 g/mol. The van der Waals surface area contributed by atoms with Gasteiger partial charge in [0.15, 0.2) is 0 Å². The van der Waals surface area contributed by atoms with Gasteiger partial charge in [-0.1, -0.05) is 23.4 Å². The molecule has 4 heterocycles. The number of aromatic nitrogens is 4. The van der Waals surface area contributed by atoms with E-state index in [-0.39, 0.29) is 17.8 Å². The van der Waals surface area contributed by atoms with Crippen molar-refractivity contribution in [3.63, 3.8) is 0 Å². The van der Waals surface area contributed by atoms with Crippen LogP contribution in [-0.4, -0.2) is 96.7 Å². The van der Waals surface area contributed by atoms with E-state index >= 15 is 0 Å². The lowest BCUT2D eigenvalue weighted by molar-refractivity contribution is -0.193. The lowest BCUT2D eigenvalue weighted by Gasteiger charge is -2.38. The number of likely N-dealkylation sites (N-methyl/N-ethyl adjacent to an activating group) is 1. The van der Waals surface area contributed by atoms with E-state index in [1.807, 2.05) is 36.3 Å². The third kappa shape index (κ3) is 9.18. The van der Waals surface area contributed by atoms with Crippen LogP contribution in [0.2, 0.25) is 0 Å². The third-order valence-electron chi connectivity index (χ3n) is 6.26. The molecule has 1 aliphatic rings. The lowest BCUT2D eigenvalue weighted by atomic mass is 10.0. The first-order valence-electron chi connectivity index (χ1n) is 12.6. The fourth-order valence-corrected chi connectivity index (χ4v) is 4.02. The van der Waals surface area contributed by atoms with Crippen LogP contribution in [0.4, 0.5) is 30.7 Å². The van der Waals surface area contributed by atoms with E-state index in [1.165, 1.54) is 12.1 Å². The minimum atomic E-state index is -5.08. The quantitative estimate of drug-likeness (QED) is 0.312. The molecule has 1 aromatic carbocycles. The zero-order chi connectivity index (χ0) is 33.5. The monoisotopic (exact) mass is 644 g/mol. The van der Waals surface area contributed by atoms with Gasteiger partial charge in [-0.25, -0.2) is 18.5 Å². The van der Waals surface area contributed by atoms with E-state index < -0.39 is 24.3 Å². The Kier molecular flexibility index (Phi) is 10.8. The molecule has 4 aromatic rings. The Balaban J connectivity index is 0.000000331. The van der Waals surface area contributed by atoms with Gasteiger partial charge < -0.3 is 15.1 Å². The van der Waals surface area contributed by atoms with Crippen LogP contribution in [0.25, 0.3) is 16.6 Å². The summed E-state index contributed by atoms with van der Waals surface area (Å²) >= 11 is 0. The molecule has 240 valence electrons. The zero-order valence-electron chi connectivity index (χ0n) is 23.0. The summed E-state index contributed by atoms with van der Waals surface area (Å²) in [5.41, 5.74) is 3.96. The molecule has 0 aliphatic carbocycles. The van der Waals surface area contributed by atoms with E-state index in [0.717, 1.165) is 28.9 Å². The standard InChI is InChI=1S/C23H21FN6O.2C2HF3O2/c1-28-11-12-29(23(31)16-7-9-25-10-8-16)15-21(28)22-20-6-5-18(14-30(20)27-26-22)17-3-2-4-19(24)13-17;2*3-2(4,5)1(6)7/h2-10,13-14,21H,11-12,15H2,1H3;2*(H,6,7). The number of halogens is 7. The molecule has 3 aromatic heterocycles. The van der Waals surface area contributed by atoms with Gasteiger partial charge in [-0.2, -0.15) is 26.3 Å². The van der Waals surface area contributed by atoms with Gasteiger partial charge in [-0.3, -0.25) is 14.7 Å². The smallest absolute Gasteiger partial charge is 0.475 e. The number of benzene rings is 1. The highest BCUT2D eigenvalue weighted by molar-refractivity contribution is 5.94.